The first kappa shape index (κ1) is 33.8. The summed E-state index contributed by atoms with van der Waals surface area (Å²) in [7, 11) is 1.71. The first-order chi connectivity index (χ1) is 19.2. The van der Waals surface area contributed by atoms with E-state index >= 15 is 0 Å². The van der Waals surface area contributed by atoms with E-state index in [0.717, 1.165) is 57.1 Å². The molecule has 0 saturated carbocycles. The topological polar surface area (TPSA) is 118 Å². The number of methoxy groups -OCH3 is 1. The number of nitrogens with zero attached hydrogens (tertiary/aromatic N) is 2. The van der Waals surface area contributed by atoms with Crippen LogP contribution in [0.5, 0.6) is 5.75 Å². The van der Waals surface area contributed by atoms with E-state index in [0.29, 0.717) is 12.5 Å². The molecule has 1 unspecified atom stereocenters. The molecule has 2 aromatic rings. The lowest BCUT2D eigenvalue weighted by Gasteiger charge is -2.50. The Morgan fingerprint density at radius 3 is 2.22 bits per heavy atom. The van der Waals surface area contributed by atoms with E-state index in [1.54, 1.807) is 7.11 Å². The number of aliphatic carboxylic acids is 2. The lowest BCUT2D eigenvalue weighted by molar-refractivity contribution is -0.193. The van der Waals surface area contributed by atoms with Gasteiger partial charge in [-0.05, 0) is 48.6 Å². The van der Waals surface area contributed by atoms with E-state index in [9.17, 15) is 26.3 Å². The minimum absolute atomic E-state index is 0.0349. The Morgan fingerprint density at radius 2 is 1.68 bits per heavy atom. The molecule has 1 aromatic carbocycles. The van der Waals surface area contributed by atoms with Crippen molar-refractivity contribution in [2.75, 3.05) is 33.4 Å². The van der Waals surface area contributed by atoms with Crippen LogP contribution in [0.3, 0.4) is 0 Å². The third-order valence-corrected chi connectivity index (χ3v) is 6.19. The summed E-state index contributed by atoms with van der Waals surface area (Å²) < 4.78 is 80.8. The van der Waals surface area contributed by atoms with Crippen LogP contribution in [0.4, 0.5) is 26.3 Å². The molecule has 2 aliphatic heterocycles. The molecule has 0 aliphatic carbocycles. The van der Waals surface area contributed by atoms with Crippen molar-refractivity contribution in [2.45, 2.75) is 43.9 Å². The van der Waals surface area contributed by atoms with Crippen molar-refractivity contribution in [3.05, 3.63) is 59.9 Å². The van der Waals surface area contributed by atoms with Gasteiger partial charge in [-0.2, -0.15) is 26.3 Å². The molecular formula is C26H30F6N2O7. The van der Waals surface area contributed by atoms with Crippen LogP contribution in [0.15, 0.2) is 48.7 Å². The van der Waals surface area contributed by atoms with E-state index in [1.807, 2.05) is 30.5 Å². The molecule has 3 heterocycles. The highest BCUT2D eigenvalue weighted by atomic mass is 19.4. The molecule has 0 amide bonds. The molecular weight excluding hydrogens is 566 g/mol. The number of carbonyl (C=O) groups is 2. The van der Waals surface area contributed by atoms with Gasteiger partial charge in [0.2, 0.25) is 0 Å². The molecule has 2 N–H and O–H groups in total. The van der Waals surface area contributed by atoms with Crippen molar-refractivity contribution in [2.24, 2.45) is 5.92 Å². The van der Waals surface area contributed by atoms with Crippen molar-refractivity contribution >= 4 is 11.9 Å². The summed E-state index contributed by atoms with van der Waals surface area (Å²) in [5.74, 6) is -4.01. The lowest BCUT2D eigenvalue weighted by atomic mass is 9.79. The van der Waals surface area contributed by atoms with Crippen LogP contribution in [0.25, 0.3) is 0 Å². The van der Waals surface area contributed by atoms with Gasteiger partial charge in [-0.3, -0.25) is 9.88 Å². The zero-order valence-electron chi connectivity index (χ0n) is 22.0. The highest BCUT2D eigenvalue weighted by Gasteiger charge is 2.52. The second-order valence-corrected chi connectivity index (χ2v) is 9.16. The molecule has 15 heteroatoms. The fourth-order valence-electron chi connectivity index (χ4n) is 4.28. The minimum Gasteiger partial charge on any atom is -0.497 e. The average molecular weight is 597 g/mol. The number of ether oxygens (including phenoxy) is 3. The van der Waals surface area contributed by atoms with Gasteiger partial charge >= 0.3 is 24.3 Å². The fourth-order valence-corrected chi connectivity index (χ4v) is 4.28. The Kier molecular flexibility index (Phi) is 12.3. The zero-order chi connectivity index (χ0) is 30.7. The largest absolute Gasteiger partial charge is 0.497 e. The highest BCUT2D eigenvalue weighted by Crippen LogP contribution is 2.42. The number of hydrogen-bond acceptors (Lipinski definition) is 7. The summed E-state index contributed by atoms with van der Waals surface area (Å²) in [5.41, 5.74) is 2.31. The van der Waals surface area contributed by atoms with E-state index in [1.165, 1.54) is 5.56 Å². The summed E-state index contributed by atoms with van der Waals surface area (Å²) in [5, 5.41) is 14.2. The Hall–Kier alpha value is -3.43. The number of alkyl halides is 6. The molecule has 1 spiro atoms. The van der Waals surface area contributed by atoms with Crippen molar-refractivity contribution < 1.29 is 60.4 Å². The molecule has 9 nitrogen and oxygen atoms in total. The Labute approximate surface area is 231 Å². The molecule has 1 atom stereocenters. The molecule has 0 bridgehead atoms. The second kappa shape index (κ2) is 15.0. The zero-order valence-corrected chi connectivity index (χ0v) is 22.0. The number of carboxylic acid groups (broad SMARTS) is 2. The van der Waals surface area contributed by atoms with Gasteiger partial charge < -0.3 is 24.4 Å². The molecule has 2 saturated heterocycles. The number of rotatable bonds is 8. The van der Waals surface area contributed by atoms with Gasteiger partial charge in [-0.1, -0.05) is 18.2 Å². The average Bonchev–Trinajstić information content (AvgIpc) is 3.30. The van der Waals surface area contributed by atoms with Crippen LogP contribution >= 0.6 is 0 Å². The molecule has 228 valence electrons. The summed E-state index contributed by atoms with van der Waals surface area (Å²) in [4.78, 5) is 24.6. The van der Waals surface area contributed by atoms with Gasteiger partial charge in [-0.15, -0.1) is 0 Å². The number of hydrogen-bond donors (Lipinski definition) is 2. The van der Waals surface area contributed by atoms with Crippen LogP contribution in [-0.2, 0) is 32.2 Å². The molecule has 4 rings (SSSR count). The standard InChI is InChI=1S/C22H28N2O3.2C2HF3O2/c1-25-21-7-4-5-18(13-21)14-24-16-22(17-24)19(9-12-27-22)8-11-26-15-20-6-2-3-10-23-20;2*3-2(4,5)1(6)7/h2-7,10,13,19H,8-9,11-12,14-17H2,1H3;2*(H,6,7). The summed E-state index contributed by atoms with van der Waals surface area (Å²) >= 11 is 0. The van der Waals surface area contributed by atoms with Crippen LogP contribution < -0.4 is 4.74 Å². The third kappa shape index (κ3) is 11.2. The number of aromatic nitrogens is 1. The smallest absolute Gasteiger partial charge is 0.490 e. The van der Waals surface area contributed by atoms with Crippen molar-refractivity contribution in [1.82, 2.24) is 9.88 Å². The Balaban J connectivity index is 0.000000349. The first-order valence-corrected chi connectivity index (χ1v) is 12.2. The van der Waals surface area contributed by atoms with Gasteiger partial charge in [0.15, 0.2) is 0 Å². The van der Waals surface area contributed by atoms with Gasteiger partial charge in [0, 0.05) is 39.0 Å². The van der Waals surface area contributed by atoms with Gasteiger partial charge in [-0.25, -0.2) is 9.59 Å². The van der Waals surface area contributed by atoms with Crippen molar-refractivity contribution in [1.29, 1.82) is 0 Å². The van der Waals surface area contributed by atoms with Crippen molar-refractivity contribution in [3.63, 3.8) is 0 Å². The normalized spacial score (nSPS) is 17.9. The molecule has 2 fully saturated rings. The molecule has 1 aromatic heterocycles. The minimum atomic E-state index is -5.08. The maximum atomic E-state index is 10.6. The molecule has 2 aliphatic rings. The number of benzene rings is 1. The van der Waals surface area contributed by atoms with Gasteiger partial charge in [0.25, 0.3) is 0 Å². The number of halogens is 6. The monoisotopic (exact) mass is 596 g/mol. The second-order valence-electron chi connectivity index (χ2n) is 9.16. The van der Waals surface area contributed by atoms with Gasteiger partial charge in [0.05, 0.1) is 25.0 Å². The predicted molar refractivity (Wildman–Crippen MR) is 131 cm³/mol. The maximum Gasteiger partial charge on any atom is 0.490 e. The number of likely N-dealkylation sites (tertiary alicyclic amines) is 1. The quantitative estimate of drug-likeness (QED) is 0.334. The fraction of sp³-hybridized carbons (Fsp3) is 0.500. The highest BCUT2D eigenvalue weighted by molar-refractivity contribution is 5.73. The summed E-state index contributed by atoms with van der Waals surface area (Å²) in [6, 6.07) is 14.2. The van der Waals surface area contributed by atoms with E-state index in [-0.39, 0.29) is 5.60 Å². The number of carboxylic acids is 2. The molecule has 0 radical (unpaired) electrons. The SMILES string of the molecule is COc1cccc(CN2CC3(C2)OCCC3CCOCc2ccccn2)c1.O=C(O)C(F)(F)F.O=C(O)C(F)(F)F. The molecule has 41 heavy (non-hydrogen) atoms. The predicted octanol–water partition coefficient (Wildman–Crippen LogP) is 4.55. The first-order valence-electron chi connectivity index (χ1n) is 12.2. The van der Waals surface area contributed by atoms with Crippen LogP contribution in [0.2, 0.25) is 0 Å². The summed E-state index contributed by atoms with van der Waals surface area (Å²) in [6.45, 7) is 5.19. The maximum absolute atomic E-state index is 10.6. The van der Waals surface area contributed by atoms with E-state index in [4.69, 9.17) is 34.0 Å². The summed E-state index contributed by atoms with van der Waals surface area (Å²) in [6.07, 6.45) is -6.16. The lowest BCUT2D eigenvalue weighted by Crippen LogP contribution is -2.64. The van der Waals surface area contributed by atoms with E-state index < -0.39 is 24.3 Å². The third-order valence-electron chi connectivity index (χ3n) is 6.19. The Morgan fingerprint density at radius 1 is 1.05 bits per heavy atom. The van der Waals surface area contributed by atoms with E-state index in [2.05, 4.69) is 28.1 Å². The number of pyridine rings is 1. The van der Waals surface area contributed by atoms with Crippen molar-refractivity contribution in [3.8, 4) is 5.75 Å². The van der Waals surface area contributed by atoms with Gasteiger partial charge in [0.1, 0.15) is 5.75 Å². The Bertz CT molecular complexity index is 1090. The van der Waals surface area contributed by atoms with Crippen LogP contribution in [-0.4, -0.2) is 83.4 Å². The van der Waals surface area contributed by atoms with Crippen LogP contribution in [0.1, 0.15) is 24.1 Å². The van der Waals surface area contributed by atoms with Crippen LogP contribution in [0, 0.1) is 5.92 Å².